The number of benzene rings is 4. The van der Waals surface area contributed by atoms with Gasteiger partial charge in [0.1, 0.15) is 5.75 Å². The molecule has 0 spiro atoms. The summed E-state index contributed by atoms with van der Waals surface area (Å²) in [7, 11) is 0. The molecular formula is C57H84O. The largest absolute Gasteiger partial charge is 0.508 e. The lowest BCUT2D eigenvalue weighted by atomic mass is 9.82. The molecule has 0 radical (unpaired) electrons. The number of aryl methyl sites for hydroxylation is 3. The maximum absolute atomic E-state index is 12.1. The summed E-state index contributed by atoms with van der Waals surface area (Å²) in [6.07, 6.45) is 32.2. The third-order valence-electron chi connectivity index (χ3n) is 13.0. The van der Waals surface area contributed by atoms with E-state index in [-0.39, 0.29) is 0 Å². The second-order valence-corrected chi connectivity index (χ2v) is 17.6. The summed E-state index contributed by atoms with van der Waals surface area (Å²) < 4.78 is 0. The maximum atomic E-state index is 12.1. The molecular weight excluding hydrogens is 701 g/mol. The third-order valence-corrected chi connectivity index (χ3v) is 13.0. The van der Waals surface area contributed by atoms with E-state index >= 15 is 0 Å². The smallest absolute Gasteiger partial charge is 0.119 e. The zero-order valence-electron chi connectivity index (χ0n) is 38.4. The maximum Gasteiger partial charge on any atom is 0.119 e. The summed E-state index contributed by atoms with van der Waals surface area (Å²) in [5.74, 6) is 0.470. The van der Waals surface area contributed by atoms with Crippen LogP contribution < -0.4 is 0 Å². The summed E-state index contributed by atoms with van der Waals surface area (Å²) >= 11 is 0. The highest BCUT2D eigenvalue weighted by atomic mass is 16.3. The van der Waals surface area contributed by atoms with E-state index in [4.69, 9.17) is 0 Å². The van der Waals surface area contributed by atoms with E-state index < -0.39 is 0 Å². The van der Waals surface area contributed by atoms with Gasteiger partial charge in [-0.15, -0.1) is 0 Å². The molecule has 0 saturated heterocycles. The zero-order valence-corrected chi connectivity index (χ0v) is 38.4. The van der Waals surface area contributed by atoms with E-state index in [1.54, 1.807) is 27.8 Å². The van der Waals surface area contributed by atoms with Gasteiger partial charge in [-0.05, 0) is 157 Å². The molecule has 4 aromatic rings. The molecule has 0 saturated carbocycles. The normalized spacial score (nSPS) is 11.5. The monoisotopic (exact) mass is 785 g/mol. The van der Waals surface area contributed by atoms with Crippen molar-refractivity contribution in [3.8, 4) is 5.75 Å². The minimum Gasteiger partial charge on any atom is -0.508 e. The van der Waals surface area contributed by atoms with E-state index in [1.165, 1.54) is 168 Å². The number of rotatable bonds is 30. The number of phenols is 1. The highest BCUT2D eigenvalue weighted by molar-refractivity contribution is 5.53. The van der Waals surface area contributed by atoms with Crippen LogP contribution in [0.1, 0.15) is 224 Å². The average molecular weight is 785 g/mol. The topological polar surface area (TPSA) is 20.2 Å². The van der Waals surface area contributed by atoms with Crippen LogP contribution >= 0.6 is 0 Å². The average Bonchev–Trinajstić information content (AvgIpc) is 3.23. The Bertz CT molecular complexity index is 1740. The van der Waals surface area contributed by atoms with Gasteiger partial charge in [0.05, 0.1) is 0 Å². The predicted octanol–water partition coefficient (Wildman–Crippen LogP) is 16.6. The lowest BCUT2D eigenvalue weighted by Crippen LogP contribution is -2.10. The van der Waals surface area contributed by atoms with Gasteiger partial charge < -0.3 is 5.11 Å². The van der Waals surface area contributed by atoms with Crippen LogP contribution in [0.3, 0.4) is 0 Å². The van der Waals surface area contributed by atoms with Crippen molar-refractivity contribution in [3.05, 3.63) is 133 Å². The van der Waals surface area contributed by atoms with E-state index in [0.717, 1.165) is 44.1 Å². The Labute approximate surface area is 357 Å². The fraction of sp³-hybridized carbons (Fsp3) is 0.579. The molecule has 0 aliphatic heterocycles. The van der Waals surface area contributed by atoms with Crippen molar-refractivity contribution in [1.82, 2.24) is 0 Å². The number of aromatic hydroxyl groups is 1. The minimum atomic E-state index is 0.470. The van der Waals surface area contributed by atoms with Crippen molar-refractivity contribution >= 4 is 0 Å². The zero-order chi connectivity index (χ0) is 41.4. The van der Waals surface area contributed by atoms with Crippen LogP contribution in [0.5, 0.6) is 5.75 Å². The summed E-state index contributed by atoms with van der Waals surface area (Å²) in [6.45, 7) is 13.9. The van der Waals surface area contributed by atoms with Gasteiger partial charge in [0.15, 0.2) is 0 Å². The first kappa shape index (κ1) is 47.4. The Kier molecular flexibility index (Phi) is 22.4. The first-order valence-electron chi connectivity index (χ1n) is 24.6. The Balaban J connectivity index is 1.90. The molecule has 0 amide bonds. The number of unbranched alkanes of at least 4 members (excludes halogenated alkanes) is 12. The molecule has 0 aromatic heterocycles. The first-order valence-corrected chi connectivity index (χ1v) is 24.6. The van der Waals surface area contributed by atoms with Gasteiger partial charge in [0.2, 0.25) is 0 Å². The molecule has 1 heteroatoms. The summed E-state index contributed by atoms with van der Waals surface area (Å²) in [5.41, 5.74) is 17.7. The lowest BCUT2D eigenvalue weighted by molar-refractivity contribution is 0.468. The van der Waals surface area contributed by atoms with E-state index in [2.05, 4.69) is 102 Å². The van der Waals surface area contributed by atoms with E-state index in [9.17, 15) is 5.11 Å². The molecule has 58 heavy (non-hydrogen) atoms. The fourth-order valence-electron chi connectivity index (χ4n) is 9.48. The van der Waals surface area contributed by atoms with Crippen LogP contribution in [0.25, 0.3) is 0 Å². The lowest BCUT2D eigenvalue weighted by Gasteiger charge is -2.23. The van der Waals surface area contributed by atoms with Gasteiger partial charge in [-0.1, -0.05) is 179 Å². The van der Waals surface area contributed by atoms with Gasteiger partial charge in [0, 0.05) is 12.0 Å². The molecule has 0 bridgehead atoms. The highest BCUT2D eigenvalue weighted by Gasteiger charge is 2.21. The third kappa shape index (κ3) is 14.7. The number of hydrogen-bond donors (Lipinski definition) is 1. The van der Waals surface area contributed by atoms with Crippen LogP contribution in [0, 0.1) is 0 Å². The molecule has 4 rings (SSSR count). The summed E-state index contributed by atoms with van der Waals surface area (Å²) in [4.78, 5) is 0. The Morgan fingerprint density at radius 3 is 0.931 bits per heavy atom. The van der Waals surface area contributed by atoms with Gasteiger partial charge >= 0.3 is 0 Å². The Hall–Kier alpha value is -3.32. The molecule has 318 valence electrons. The highest BCUT2D eigenvalue weighted by Crippen LogP contribution is 2.35. The fourth-order valence-corrected chi connectivity index (χ4v) is 9.48. The van der Waals surface area contributed by atoms with Crippen molar-refractivity contribution in [2.75, 3.05) is 0 Å². The quantitative estimate of drug-likeness (QED) is 0.0522. The van der Waals surface area contributed by atoms with E-state index in [1.807, 2.05) is 6.07 Å². The molecule has 0 aliphatic rings. The van der Waals surface area contributed by atoms with Gasteiger partial charge in [-0.2, -0.15) is 0 Å². The van der Waals surface area contributed by atoms with Crippen molar-refractivity contribution in [1.29, 1.82) is 0 Å². The number of phenolic OH excluding ortho intramolecular Hbond substituents is 1. The van der Waals surface area contributed by atoms with Gasteiger partial charge in [-0.25, -0.2) is 0 Å². The molecule has 0 heterocycles. The van der Waals surface area contributed by atoms with Crippen molar-refractivity contribution < 1.29 is 5.11 Å². The van der Waals surface area contributed by atoms with Crippen LogP contribution in [0.15, 0.2) is 66.7 Å². The first-order chi connectivity index (χ1) is 28.5. The molecule has 1 nitrogen and oxygen atoms in total. The molecule has 4 aromatic carbocycles. The van der Waals surface area contributed by atoms with Crippen LogP contribution in [0.2, 0.25) is 0 Å². The second-order valence-electron chi connectivity index (χ2n) is 17.6. The van der Waals surface area contributed by atoms with E-state index in [0.29, 0.717) is 5.75 Å². The molecule has 0 aliphatic carbocycles. The van der Waals surface area contributed by atoms with Crippen molar-refractivity contribution in [3.63, 3.8) is 0 Å². The van der Waals surface area contributed by atoms with Crippen molar-refractivity contribution in [2.24, 2.45) is 0 Å². The van der Waals surface area contributed by atoms with Gasteiger partial charge in [-0.3, -0.25) is 0 Å². The molecule has 0 fully saturated rings. The van der Waals surface area contributed by atoms with Crippen LogP contribution in [-0.2, 0) is 57.8 Å². The summed E-state index contributed by atoms with van der Waals surface area (Å²) in [6, 6.07) is 25.8. The second kappa shape index (κ2) is 27.4. The molecule has 0 unspecified atom stereocenters. The predicted molar refractivity (Wildman–Crippen MR) is 255 cm³/mol. The van der Waals surface area contributed by atoms with Gasteiger partial charge in [0.25, 0.3) is 0 Å². The molecule has 0 atom stereocenters. The Morgan fingerprint density at radius 1 is 0.276 bits per heavy atom. The Morgan fingerprint density at radius 2 is 0.569 bits per heavy atom. The number of hydrogen-bond acceptors (Lipinski definition) is 1. The minimum absolute atomic E-state index is 0.470. The molecule has 1 N–H and O–H groups in total. The van der Waals surface area contributed by atoms with Crippen LogP contribution in [0.4, 0.5) is 0 Å². The standard InChI is InChI=1S/C57H84O/c1-7-13-19-28-45-31-25-34-48(52(45)37-22-16-10-4)42-51-40-41-57(58)56(44-50-36-27-33-47(30-21-15-9-3)54(50)39-24-18-12-6)55(51)43-49-35-26-32-46(29-20-14-8-2)53(49)38-23-17-11-5/h25-27,31-36,40-41,58H,7-24,28-30,37-39,42-44H2,1-6H3. The summed E-state index contributed by atoms with van der Waals surface area (Å²) in [5, 5.41) is 12.1. The SMILES string of the molecule is CCCCCc1cccc(Cc2ccc(O)c(Cc3cccc(CCCCC)c3CCCCC)c2Cc2cccc(CCCCC)c2CCCCC)c1CCCCC. The van der Waals surface area contributed by atoms with Crippen LogP contribution in [-0.4, -0.2) is 5.11 Å². The van der Waals surface area contributed by atoms with Crippen molar-refractivity contribution in [2.45, 2.75) is 215 Å².